The van der Waals surface area contributed by atoms with Crippen molar-refractivity contribution >= 4 is 0 Å². The number of hydrogen-bond acceptors (Lipinski definition) is 3. The summed E-state index contributed by atoms with van der Waals surface area (Å²) in [5.41, 5.74) is 6.35. The number of fused-ring (bicyclic) bond motifs is 4. The Morgan fingerprint density at radius 1 is 0.919 bits per heavy atom. The minimum atomic E-state index is -0.699. The quantitative estimate of drug-likeness (QED) is 0.352. The molecule has 37 heavy (non-hydrogen) atoms. The predicted octanol–water partition coefficient (Wildman–Crippen LogP) is 3.56. The molecule has 1 spiro atoms. The van der Waals surface area contributed by atoms with Crippen LogP contribution in [0.25, 0.3) is 34.3 Å². The van der Waals surface area contributed by atoms with Gasteiger partial charge in [0.1, 0.15) is 11.3 Å². The summed E-state index contributed by atoms with van der Waals surface area (Å²) in [4.78, 5) is 4.63. The molecule has 7 heterocycles. The van der Waals surface area contributed by atoms with E-state index in [1.54, 1.807) is 0 Å². The molecular formula is C29H21N6O2+3. The Labute approximate surface area is 211 Å². The summed E-state index contributed by atoms with van der Waals surface area (Å²) in [5.74, 6) is 3.36. The minimum Gasteiger partial charge on any atom is -0.436 e. The molecule has 0 saturated heterocycles. The maximum Gasteiger partial charge on any atom is 0.606 e. The molecule has 6 aromatic rings. The van der Waals surface area contributed by atoms with Gasteiger partial charge in [-0.3, -0.25) is 0 Å². The molecule has 0 saturated carbocycles. The van der Waals surface area contributed by atoms with Gasteiger partial charge in [-0.25, -0.2) is 4.98 Å². The number of aromatic nitrogens is 6. The van der Waals surface area contributed by atoms with Gasteiger partial charge in [-0.05, 0) is 37.3 Å². The lowest BCUT2D eigenvalue weighted by atomic mass is 10.0. The number of ether oxygens (including phenoxy) is 1. The van der Waals surface area contributed by atoms with Crippen LogP contribution in [-0.2, 0) is 5.79 Å². The Kier molecular flexibility index (Phi) is 3.24. The number of hydrogen-bond donors (Lipinski definition) is 0. The first-order valence-electron chi connectivity index (χ1n) is 12.3. The van der Waals surface area contributed by atoms with Crippen molar-refractivity contribution in [2.45, 2.75) is 19.6 Å². The molecule has 0 aliphatic carbocycles. The van der Waals surface area contributed by atoms with E-state index in [9.17, 15) is 0 Å². The molecule has 9 rings (SSSR count). The lowest BCUT2D eigenvalue weighted by Gasteiger charge is -2.19. The first-order chi connectivity index (χ1) is 18.2. The van der Waals surface area contributed by atoms with Gasteiger partial charge in [0, 0.05) is 34.0 Å². The van der Waals surface area contributed by atoms with Crippen molar-refractivity contribution in [3.05, 3.63) is 108 Å². The van der Waals surface area contributed by atoms with E-state index in [-0.39, 0.29) is 0 Å². The Hall–Kier alpha value is -4.98. The highest BCUT2D eigenvalue weighted by atomic mass is 16.5. The number of oxazole rings is 1. The molecule has 4 aromatic heterocycles. The molecule has 176 valence electrons. The van der Waals surface area contributed by atoms with Crippen LogP contribution in [0.5, 0.6) is 11.6 Å². The van der Waals surface area contributed by atoms with Crippen molar-refractivity contribution in [3.63, 3.8) is 0 Å². The maximum absolute atomic E-state index is 6.48. The van der Waals surface area contributed by atoms with E-state index in [1.165, 1.54) is 0 Å². The largest absolute Gasteiger partial charge is 0.606 e. The normalized spacial score (nSPS) is 17.2. The lowest BCUT2D eigenvalue weighted by Crippen LogP contribution is -2.85. The van der Waals surface area contributed by atoms with Crippen LogP contribution in [0, 0.1) is 13.8 Å². The van der Waals surface area contributed by atoms with Crippen LogP contribution < -0.4 is 18.7 Å². The van der Waals surface area contributed by atoms with E-state index in [2.05, 4.69) is 84.9 Å². The number of pyridine rings is 1. The van der Waals surface area contributed by atoms with Gasteiger partial charge in [0.15, 0.2) is 17.7 Å². The first-order valence-corrected chi connectivity index (χ1v) is 12.3. The molecule has 0 N–H and O–H groups in total. The Bertz CT molecular complexity index is 1950. The Morgan fingerprint density at radius 3 is 2.68 bits per heavy atom. The summed E-state index contributed by atoms with van der Waals surface area (Å²) < 4.78 is 24.3. The van der Waals surface area contributed by atoms with Crippen LogP contribution >= 0.6 is 0 Å². The average Bonchev–Trinajstić information content (AvgIpc) is 3.72. The zero-order chi connectivity index (χ0) is 24.5. The second kappa shape index (κ2) is 6.22. The highest BCUT2D eigenvalue weighted by Gasteiger charge is 2.80. The van der Waals surface area contributed by atoms with Crippen LogP contribution in [0.4, 0.5) is 0 Å². The maximum atomic E-state index is 6.48. The van der Waals surface area contributed by atoms with Gasteiger partial charge in [-0.2, -0.15) is 0 Å². The number of nitrogens with zero attached hydrogens (tertiary/aromatic N) is 6. The van der Waals surface area contributed by atoms with Gasteiger partial charge in [0.25, 0.3) is 0 Å². The van der Waals surface area contributed by atoms with Crippen molar-refractivity contribution in [2.75, 3.05) is 0 Å². The monoisotopic (exact) mass is 485 g/mol. The molecule has 3 aliphatic heterocycles. The summed E-state index contributed by atoms with van der Waals surface area (Å²) in [6.07, 6.45) is 6.06. The summed E-state index contributed by atoms with van der Waals surface area (Å²) in [6, 6.07) is 24.6. The number of rotatable bonds is 2. The molecule has 2 aromatic carbocycles. The minimum absolute atomic E-state index is 0.615. The van der Waals surface area contributed by atoms with E-state index in [1.807, 2.05) is 48.7 Å². The fourth-order valence-electron chi connectivity index (χ4n) is 6.59. The standard InChI is InChI=1S/C29H21N6O2/c1-18-26(23-17-30-28(37-23)20-9-4-3-5-10-20)19(2)35-29-27-21(34(18)35)11-6-12-22(27)36-25-14-7-13-24(33(25)29)31-15-8-16-32(29)31/h3-17H,1-2H3/q+3. The molecule has 1 unspecified atom stereocenters. The summed E-state index contributed by atoms with van der Waals surface area (Å²) in [6.45, 7) is 4.31. The van der Waals surface area contributed by atoms with Crippen LogP contribution in [0.2, 0.25) is 0 Å². The van der Waals surface area contributed by atoms with Crippen molar-refractivity contribution in [1.29, 1.82) is 0 Å². The number of benzene rings is 2. The van der Waals surface area contributed by atoms with E-state index in [0.29, 0.717) is 5.89 Å². The fraction of sp³-hybridized carbons (Fsp3) is 0.103. The third kappa shape index (κ3) is 2.01. The van der Waals surface area contributed by atoms with E-state index >= 15 is 0 Å². The van der Waals surface area contributed by atoms with Crippen molar-refractivity contribution < 1.29 is 23.1 Å². The van der Waals surface area contributed by atoms with Crippen LogP contribution in [0.1, 0.15) is 17.0 Å². The van der Waals surface area contributed by atoms with Crippen molar-refractivity contribution in [2.24, 2.45) is 0 Å². The molecule has 0 amide bonds. The van der Waals surface area contributed by atoms with Crippen molar-refractivity contribution in [1.82, 2.24) is 14.3 Å². The third-order valence-electron chi connectivity index (χ3n) is 7.90. The second-order valence-corrected chi connectivity index (χ2v) is 9.69. The van der Waals surface area contributed by atoms with Gasteiger partial charge in [-0.15, -0.1) is 4.68 Å². The van der Waals surface area contributed by atoms with Gasteiger partial charge in [0.2, 0.25) is 23.3 Å². The molecule has 0 radical (unpaired) electrons. The van der Waals surface area contributed by atoms with E-state index in [0.717, 1.165) is 57.0 Å². The summed E-state index contributed by atoms with van der Waals surface area (Å²) in [7, 11) is 0. The topological polar surface area (TPSA) is 56.8 Å². The van der Waals surface area contributed by atoms with Gasteiger partial charge in [0.05, 0.1) is 22.6 Å². The fourth-order valence-corrected chi connectivity index (χ4v) is 6.59. The van der Waals surface area contributed by atoms with Crippen LogP contribution in [0.3, 0.4) is 0 Å². The molecule has 0 fully saturated rings. The predicted molar refractivity (Wildman–Crippen MR) is 130 cm³/mol. The summed E-state index contributed by atoms with van der Waals surface area (Å²) >= 11 is 0. The Balaban J connectivity index is 1.39. The van der Waals surface area contributed by atoms with Crippen molar-refractivity contribution in [3.8, 4) is 45.9 Å². The lowest BCUT2D eigenvalue weighted by molar-refractivity contribution is -1.17. The van der Waals surface area contributed by atoms with Crippen LogP contribution in [-0.4, -0.2) is 14.3 Å². The molecule has 8 heteroatoms. The summed E-state index contributed by atoms with van der Waals surface area (Å²) in [5, 5.41) is 0. The zero-order valence-corrected chi connectivity index (χ0v) is 20.2. The molecule has 0 bridgehead atoms. The highest BCUT2D eigenvalue weighted by Crippen LogP contribution is 2.46. The SMILES string of the molecule is Cc1c(-c2cnc(-c3ccccc3)o2)c(C)[n+]2n1-c1cccc3c1C21[n+]2c(cccc2-n2ccc[n+]21)O3. The molecular weight excluding hydrogens is 464 g/mol. The molecule has 1 atom stereocenters. The van der Waals surface area contributed by atoms with Crippen LogP contribution in [0.15, 0.2) is 95.8 Å². The average molecular weight is 486 g/mol. The van der Waals surface area contributed by atoms with Gasteiger partial charge in [-0.1, -0.05) is 28.8 Å². The Morgan fingerprint density at radius 2 is 1.78 bits per heavy atom. The van der Waals surface area contributed by atoms with Gasteiger partial charge >= 0.3 is 17.5 Å². The second-order valence-electron chi connectivity index (χ2n) is 9.69. The highest BCUT2D eigenvalue weighted by molar-refractivity contribution is 5.67. The van der Waals surface area contributed by atoms with E-state index in [4.69, 9.17) is 9.15 Å². The first kappa shape index (κ1) is 19.2. The molecule has 3 aliphatic rings. The molecule has 8 nitrogen and oxygen atoms in total. The zero-order valence-electron chi connectivity index (χ0n) is 20.2. The van der Waals surface area contributed by atoms with Gasteiger partial charge < -0.3 is 9.15 Å². The smallest absolute Gasteiger partial charge is 0.436 e. The van der Waals surface area contributed by atoms with E-state index < -0.39 is 5.79 Å². The third-order valence-corrected chi connectivity index (χ3v) is 7.90.